The van der Waals surface area contributed by atoms with Gasteiger partial charge in [-0.15, -0.1) is 6.42 Å². The lowest BCUT2D eigenvalue weighted by Crippen LogP contribution is -2.30. The Kier molecular flexibility index (Phi) is 6.92. The summed E-state index contributed by atoms with van der Waals surface area (Å²) in [5.74, 6) is 2.17. The normalized spacial score (nSPS) is 12.0. The number of anilines is 1. The summed E-state index contributed by atoms with van der Waals surface area (Å²) in [4.78, 5) is 17.9. The van der Waals surface area contributed by atoms with Crippen molar-refractivity contribution in [2.45, 2.75) is 32.2 Å². The van der Waals surface area contributed by atoms with Crippen LogP contribution in [0, 0.1) is 26.2 Å². The highest BCUT2D eigenvalue weighted by molar-refractivity contribution is 7.92. The highest BCUT2D eigenvalue weighted by Crippen LogP contribution is 2.24. The van der Waals surface area contributed by atoms with E-state index in [1.54, 1.807) is 31.2 Å². The molecule has 6 nitrogen and oxygen atoms in total. The number of hydrogen-bond acceptors (Lipinski definition) is 4. The van der Waals surface area contributed by atoms with Crippen molar-refractivity contribution in [1.82, 2.24) is 4.57 Å². The van der Waals surface area contributed by atoms with Crippen LogP contribution in [0.1, 0.15) is 28.4 Å². The summed E-state index contributed by atoms with van der Waals surface area (Å²) >= 11 is 1.40. The summed E-state index contributed by atoms with van der Waals surface area (Å²) in [5, 5.41) is 0. The first-order valence-electron chi connectivity index (χ1n) is 11.1. The van der Waals surface area contributed by atoms with E-state index in [0.717, 1.165) is 21.3 Å². The second kappa shape index (κ2) is 9.90. The van der Waals surface area contributed by atoms with Crippen LogP contribution < -0.4 is 9.11 Å². The predicted octanol–water partition coefficient (Wildman–Crippen LogP) is 4.91. The summed E-state index contributed by atoms with van der Waals surface area (Å²) in [6.45, 7) is 6.41. The molecule has 0 aliphatic carbocycles. The number of thiazole rings is 1. The number of terminal acetylenes is 1. The van der Waals surface area contributed by atoms with Gasteiger partial charge in [-0.05, 0) is 80.4 Å². The number of para-hydroxylation sites is 1. The summed E-state index contributed by atoms with van der Waals surface area (Å²) in [6, 6.07) is 18.9. The fourth-order valence-electron chi connectivity index (χ4n) is 3.78. The van der Waals surface area contributed by atoms with E-state index in [-0.39, 0.29) is 18.0 Å². The Morgan fingerprint density at radius 2 is 1.71 bits per heavy atom. The van der Waals surface area contributed by atoms with Crippen molar-refractivity contribution in [3.63, 3.8) is 0 Å². The number of sulfonamides is 1. The zero-order valence-electron chi connectivity index (χ0n) is 19.7. The number of carbonyl (C=O) groups is 1. The average molecular weight is 504 g/mol. The van der Waals surface area contributed by atoms with Gasteiger partial charge >= 0.3 is 0 Å². The van der Waals surface area contributed by atoms with Crippen LogP contribution in [0.3, 0.4) is 0 Å². The number of fused-ring (bicyclic) bond motifs is 1. The molecule has 178 valence electrons. The molecule has 35 heavy (non-hydrogen) atoms. The molecular formula is C27H25N3O3S2. The maximum absolute atomic E-state index is 13.2. The lowest BCUT2D eigenvalue weighted by molar-refractivity contribution is 0.0998. The van der Waals surface area contributed by atoms with Crippen LogP contribution in [0.2, 0.25) is 0 Å². The Hall–Kier alpha value is -3.67. The highest BCUT2D eigenvalue weighted by Gasteiger charge is 2.23. The predicted molar refractivity (Wildman–Crippen MR) is 141 cm³/mol. The number of hydrogen-bond donors (Lipinski definition) is 0. The molecular weight excluding hydrogens is 478 g/mol. The fourth-order valence-corrected chi connectivity index (χ4v) is 6.37. The Morgan fingerprint density at radius 1 is 1.06 bits per heavy atom. The van der Waals surface area contributed by atoms with Crippen molar-refractivity contribution >= 4 is 43.2 Å². The molecule has 0 aliphatic rings. The van der Waals surface area contributed by atoms with Crippen molar-refractivity contribution in [3.8, 4) is 12.3 Å². The van der Waals surface area contributed by atoms with Crippen LogP contribution in [0.15, 0.2) is 76.6 Å². The maximum atomic E-state index is 13.2. The third kappa shape index (κ3) is 4.78. The number of aromatic nitrogens is 1. The molecule has 0 fully saturated rings. The number of aryl methyl sites for hydroxylation is 2. The van der Waals surface area contributed by atoms with Gasteiger partial charge in [0, 0.05) is 12.1 Å². The van der Waals surface area contributed by atoms with Crippen molar-refractivity contribution in [1.29, 1.82) is 0 Å². The third-order valence-corrected chi connectivity index (χ3v) is 8.72. The molecule has 0 saturated carbocycles. The molecule has 1 amide bonds. The highest BCUT2D eigenvalue weighted by atomic mass is 32.2. The first-order chi connectivity index (χ1) is 16.8. The zero-order valence-corrected chi connectivity index (χ0v) is 21.4. The van der Waals surface area contributed by atoms with E-state index in [0.29, 0.717) is 16.1 Å². The van der Waals surface area contributed by atoms with Crippen LogP contribution in [0.5, 0.6) is 0 Å². The second-order valence-corrected chi connectivity index (χ2v) is 10.9. The molecule has 3 aromatic carbocycles. The van der Waals surface area contributed by atoms with E-state index in [4.69, 9.17) is 6.42 Å². The lowest BCUT2D eigenvalue weighted by atomic mass is 10.1. The zero-order chi connectivity index (χ0) is 25.2. The summed E-state index contributed by atoms with van der Waals surface area (Å²) in [7, 11) is -3.78. The number of amides is 1. The Labute approximate surface area is 209 Å². The minimum absolute atomic E-state index is 0.106. The molecule has 0 unspecified atom stereocenters. The molecule has 1 heterocycles. The Bertz CT molecular complexity index is 1610. The smallest absolute Gasteiger partial charge is 0.279 e. The van der Waals surface area contributed by atoms with E-state index in [9.17, 15) is 13.2 Å². The Morgan fingerprint density at radius 3 is 2.34 bits per heavy atom. The van der Waals surface area contributed by atoms with E-state index in [2.05, 4.69) is 17.0 Å². The van der Waals surface area contributed by atoms with Crippen LogP contribution in [-0.4, -0.2) is 25.4 Å². The van der Waals surface area contributed by atoms with Gasteiger partial charge < -0.3 is 4.57 Å². The fraction of sp³-hybridized carbons (Fsp3) is 0.185. The summed E-state index contributed by atoms with van der Waals surface area (Å²) in [5.41, 5.74) is 4.09. The van der Waals surface area contributed by atoms with Crippen LogP contribution in [-0.2, 0) is 16.6 Å². The molecule has 1 aromatic heterocycles. The minimum atomic E-state index is -3.78. The first-order valence-corrected chi connectivity index (χ1v) is 13.3. The molecule has 0 radical (unpaired) electrons. The van der Waals surface area contributed by atoms with Crippen LogP contribution >= 0.6 is 11.3 Å². The molecule has 0 N–H and O–H groups in total. The van der Waals surface area contributed by atoms with Gasteiger partial charge in [0.05, 0.1) is 27.3 Å². The van der Waals surface area contributed by atoms with E-state index >= 15 is 0 Å². The molecule has 0 bridgehead atoms. The number of benzene rings is 3. The van der Waals surface area contributed by atoms with Gasteiger partial charge in [-0.3, -0.25) is 9.10 Å². The molecule has 0 spiro atoms. The maximum Gasteiger partial charge on any atom is 0.279 e. The van der Waals surface area contributed by atoms with Crippen LogP contribution in [0.4, 0.5) is 5.69 Å². The van der Waals surface area contributed by atoms with E-state index in [1.165, 1.54) is 39.9 Å². The standard InChI is InChI=1S/C27H25N3O3S2/c1-5-16-29-24-17-19(3)20(4)18-25(24)34-27(29)28-26(31)21-12-14-23(15-13-21)35(32,33)30(6-2)22-10-8-7-9-11-22/h1,7-15,17-18H,6,16H2,2-4H3. The summed E-state index contributed by atoms with van der Waals surface area (Å²) < 4.78 is 30.6. The molecule has 0 saturated heterocycles. The van der Waals surface area contributed by atoms with Gasteiger partial charge in [-0.25, -0.2) is 8.42 Å². The largest absolute Gasteiger partial charge is 0.305 e. The number of carbonyl (C=O) groups excluding carboxylic acids is 1. The van der Waals surface area contributed by atoms with E-state index in [1.807, 2.05) is 30.5 Å². The van der Waals surface area contributed by atoms with Crippen LogP contribution in [0.25, 0.3) is 10.2 Å². The molecule has 4 rings (SSSR count). The van der Waals surface area contributed by atoms with Gasteiger partial charge in [0.25, 0.3) is 15.9 Å². The van der Waals surface area contributed by atoms with Gasteiger partial charge in [0.1, 0.15) is 0 Å². The third-order valence-electron chi connectivity index (χ3n) is 5.77. The van der Waals surface area contributed by atoms with Gasteiger partial charge in [0.15, 0.2) is 4.80 Å². The minimum Gasteiger partial charge on any atom is -0.305 e. The van der Waals surface area contributed by atoms with E-state index < -0.39 is 15.9 Å². The molecule has 4 aromatic rings. The number of rotatable bonds is 6. The van der Waals surface area contributed by atoms with Crippen molar-refractivity contribution in [2.75, 3.05) is 10.8 Å². The van der Waals surface area contributed by atoms with Gasteiger partial charge in [-0.1, -0.05) is 35.5 Å². The quantitative estimate of drug-likeness (QED) is 0.351. The number of nitrogens with zero attached hydrogens (tertiary/aromatic N) is 3. The lowest BCUT2D eigenvalue weighted by Gasteiger charge is -2.22. The van der Waals surface area contributed by atoms with Crippen molar-refractivity contribution < 1.29 is 13.2 Å². The van der Waals surface area contributed by atoms with Crippen molar-refractivity contribution in [3.05, 3.63) is 88.2 Å². The Balaban J connectivity index is 1.69. The molecule has 0 atom stereocenters. The summed E-state index contributed by atoms with van der Waals surface area (Å²) in [6.07, 6.45) is 5.57. The monoisotopic (exact) mass is 503 g/mol. The topological polar surface area (TPSA) is 71.7 Å². The second-order valence-electron chi connectivity index (χ2n) is 8.03. The molecule has 8 heteroatoms. The van der Waals surface area contributed by atoms with Gasteiger partial charge in [0.2, 0.25) is 0 Å². The average Bonchev–Trinajstić information content (AvgIpc) is 3.16. The van der Waals surface area contributed by atoms with Gasteiger partial charge in [-0.2, -0.15) is 4.99 Å². The first kappa shape index (κ1) is 24.5. The van der Waals surface area contributed by atoms with Crippen molar-refractivity contribution in [2.24, 2.45) is 4.99 Å². The SMILES string of the molecule is C#CCn1c(=NC(=O)c2ccc(S(=O)(=O)N(CC)c3ccccc3)cc2)sc2cc(C)c(C)cc21. The molecule has 0 aliphatic heterocycles.